The summed E-state index contributed by atoms with van der Waals surface area (Å²) >= 11 is 0. The van der Waals surface area contributed by atoms with Crippen LogP contribution in [0.4, 0.5) is 0 Å². The minimum absolute atomic E-state index is 0.140. The highest BCUT2D eigenvalue weighted by Crippen LogP contribution is 2.11. The molecule has 0 aromatic heterocycles. The van der Waals surface area contributed by atoms with Gasteiger partial charge in [0.2, 0.25) is 0 Å². The van der Waals surface area contributed by atoms with Crippen molar-refractivity contribution in [1.82, 2.24) is 0 Å². The SMILES string of the molecule is CCCCCCCCCCCC(O)CC[O]. The minimum atomic E-state index is -0.345. The first kappa shape index (κ1) is 15.9. The highest BCUT2D eigenvalue weighted by atomic mass is 16.3. The van der Waals surface area contributed by atoms with Gasteiger partial charge in [0, 0.05) is 0 Å². The summed E-state index contributed by atoms with van der Waals surface area (Å²) in [7, 11) is 0. The highest BCUT2D eigenvalue weighted by molar-refractivity contribution is 4.55. The van der Waals surface area contributed by atoms with Crippen LogP contribution in [-0.2, 0) is 5.11 Å². The van der Waals surface area contributed by atoms with Gasteiger partial charge in [-0.2, -0.15) is 0 Å². The lowest BCUT2D eigenvalue weighted by Gasteiger charge is -2.07. The van der Waals surface area contributed by atoms with E-state index in [1.54, 1.807) is 0 Å². The number of unbranched alkanes of at least 4 members (excludes halogenated alkanes) is 8. The topological polar surface area (TPSA) is 40.1 Å². The third-order valence-electron chi connectivity index (χ3n) is 3.09. The van der Waals surface area contributed by atoms with Crippen molar-refractivity contribution in [2.75, 3.05) is 6.61 Å². The number of aliphatic hydroxyl groups is 1. The third-order valence-corrected chi connectivity index (χ3v) is 3.09. The fourth-order valence-electron chi connectivity index (χ4n) is 1.97. The predicted molar refractivity (Wildman–Crippen MR) is 68.0 cm³/mol. The maximum Gasteiger partial charge on any atom is 0.0846 e. The van der Waals surface area contributed by atoms with Crippen LogP contribution < -0.4 is 0 Å². The van der Waals surface area contributed by atoms with Crippen molar-refractivity contribution < 1.29 is 10.2 Å². The first-order valence-electron chi connectivity index (χ1n) is 7.07. The van der Waals surface area contributed by atoms with Gasteiger partial charge in [-0.3, -0.25) is 0 Å². The fourth-order valence-corrected chi connectivity index (χ4v) is 1.97. The molecule has 1 N–H and O–H groups in total. The van der Waals surface area contributed by atoms with Gasteiger partial charge in [-0.1, -0.05) is 64.7 Å². The van der Waals surface area contributed by atoms with Crippen LogP contribution in [0.5, 0.6) is 0 Å². The summed E-state index contributed by atoms with van der Waals surface area (Å²) < 4.78 is 0. The van der Waals surface area contributed by atoms with E-state index >= 15 is 0 Å². The minimum Gasteiger partial charge on any atom is -0.393 e. The quantitative estimate of drug-likeness (QED) is 0.503. The summed E-state index contributed by atoms with van der Waals surface area (Å²) in [5.74, 6) is 0. The molecule has 0 aromatic carbocycles. The van der Waals surface area contributed by atoms with E-state index in [1.807, 2.05) is 0 Å². The molecule has 16 heavy (non-hydrogen) atoms. The van der Waals surface area contributed by atoms with E-state index in [2.05, 4.69) is 6.92 Å². The second kappa shape index (κ2) is 13.0. The van der Waals surface area contributed by atoms with Crippen LogP contribution in [0, 0.1) is 0 Å². The van der Waals surface area contributed by atoms with Gasteiger partial charge in [0.15, 0.2) is 0 Å². The van der Waals surface area contributed by atoms with Crippen molar-refractivity contribution >= 4 is 0 Å². The molecule has 1 atom stereocenters. The molecular weight excluding hydrogens is 200 g/mol. The van der Waals surface area contributed by atoms with Crippen LogP contribution in [0.1, 0.15) is 77.6 Å². The molecule has 0 aromatic rings. The number of hydrogen-bond donors (Lipinski definition) is 1. The molecule has 0 aliphatic rings. The van der Waals surface area contributed by atoms with Crippen molar-refractivity contribution in [3.05, 3.63) is 0 Å². The van der Waals surface area contributed by atoms with Gasteiger partial charge >= 0.3 is 0 Å². The molecule has 0 saturated heterocycles. The molecule has 0 spiro atoms. The standard InChI is InChI=1S/C14H29O2/c1-2-3-4-5-6-7-8-9-10-11-14(16)12-13-15/h14,16H,2-13H2,1H3. The largest absolute Gasteiger partial charge is 0.393 e. The molecule has 0 fully saturated rings. The Kier molecular flexibility index (Phi) is 12.9. The van der Waals surface area contributed by atoms with Crippen molar-refractivity contribution in [1.29, 1.82) is 0 Å². The maximum absolute atomic E-state index is 10.2. The van der Waals surface area contributed by atoms with Crippen molar-refractivity contribution in [2.24, 2.45) is 0 Å². The zero-order valence-corrected chi connectivity index (χ0v) is 10.9. The zero-order valence-electron chi connectivity index (χ0n) is 10.9. The van der Waals surface area contributed by atoms with Crippen LogP contribution >= 0.6 is 0 Å². The molecule has 0 aliphatic carbocycles. The number of rotatable bonds is 12. The lowest BCUT2D eigenvalue weighted by Crippen LogP contribution is -2.07. The van der Waals surface area contributed by atoms with E-state index in [-0.39, 0.29) is 12.7 Å². The second-order valence-corrected chi connectivity index (χ2v) is 4.76. The lowest BCUT2D eigenvalue weighted by molar-refractivity contribution is 0.0966. The first-order valence-corrected chi connectivity index (χ1v) is 7.07. The highest BCUT2D eigenvalue weighted by Gasteiger charge is 2.02. The lowest BCUT2D eigenvalue weighted by atomic mass is 10.0. The van der Waals surface area contributed by atoms with E-state index in [0.29, 0.717) is 6.42 Å². The van der Waals surface area contributed by atoms with Gasteiger partial charge in [-0.15, -0.1) is 0 Å². The van der Waals surface area contributed by atoms with E-state index in [4.69, 9.17) is 0 Å². The van der Waals surface area contributed by atoms with Gasteiger partial charge in [0.25, 0.3) is 0 Å². The molecule has 0 aliphatic heterocycles. The van der Waals surface area contributed by atoms with Gasteiger partial charge in [0.1, 0.15) is 0 Å². The molecular formula is C14H29O2. The molecule has 2 heteroatoms. The summed E-state index contributed by atoms with van der Waals surface area (Å²) in [5.41, 5.74) is 0. The molecule has 2 nitrogen and oxygen atoms in total. The van der Waals surface area contributed by atoms with Gasteiger partial charge in [0.05, 0.1) is 12.7 Å². The Balaban J connectivity index is 2.98. The van der Waals surface area contributed by atoms with Crippen molar-refractivity contribution in [3.63, 3.8) is 0 Å². The van der Waals surface area contributed by atoms with Crippen molar-refractivity contribution in [3.8, 4) is 0 Å². The van der Waals surface area contributed by atoms with Crippen LogP contribution in [0.3, 0.4) is 0 Å². The molecule has 1 unspecified atom stereocenters. The molecule has 97 valence electrons. The van der Waals surface area contributed by atoms with Gasteiger partial charge in [-0.05, 0) is 12.8 Å². The smallest absolute Gasteiger partial charge is 0.0846 e. The Morgan fingerprint density at radius 1 is 0.812 bits per heavy atom. The van der Waals surface area contributed by atoms with Crippen LogP contribution in [-0.4, -0.2) is 17.8 Å². The van der Waals surface area contributed by atoms with Crippen LogP contribution in [0.2, 0.25) is 0 Å². The Hall–Kier alpha value is -0.0800. The van der Waals surface area contributed by atoms with Crippen LogP contribution in [0.25, 0.3) is 0 Å². The Morgan fingerprint density at radius 3 is 1.81 bits per heavy atom. The Morgan fingerprint density at radius 2 is 1.31 bits per heavy atom. The maximum atomic E-state index is 10.2. The average Bonchev–Trinajstić information content (AvgIpc) is 2.27. The monoisotopic (exact) mass is 229 g/mol. The summed E-state index contributed by atoms with van der Waals surface area (Å²) in [6.45, 7) is 2.10. The number of aliphatic hydroxyl groups excluding tert-OH is 1. The normalized spacial score (nSPS) is 12.9. The Labute approximate surface area is 101 Å². The summed E-state index contributed by atoms with van der Waals surface area (Å²) in [4.78, 5) is 0. The predicted octanol–water partition coefficient (Wildman–Crippen LogP) is 4.09. The summed E-state index contributed by atoms with van der Waals surface area (Å²) in [6.07, 6.45) is 12.6. The summed E-state index contributed by atoms with van der Waals surface area (Å²) in [6, 6.07) is 0. The Bertz CT molecular complexity index is 126. The van der Waals surface area contributed by atoms with Crippen molar-refractivity contribution in [2.45, 2.75) is 83.7 Å². The number of hydrogen-bond acceptors (Lipinski definition) is 1. The molecule has 0 amide bonds. The van der Waals surface area contributed by atoms with Gasteiger partial charge in [-0.25, -0.2) is 5.11 Å². The molecule has 0 bridgehead atoms. The molecule has 0 saturated carbocycles. The molecule has 1 radical (unpaired) electrons. The van der Waals surface area contributed by atoms with E-state index in [1.165, 1.54) is 51.4 Å². The van der Waals surface area contributed by atoms with E-state index in [0.717, 1.165) is 12.8 Å². The third kappa shape index (κ3) is 12.0. The fraction of sp³-hybridized carbons (Fsp3) is 1.00. The second-order valence-electron chi connectivity index (χ2n) is 4.76. The first-order chi connectivity index (χ1) is 7.81. The average molecular weight is 229 g/mol. The molecule has 0 heterocycles. The molecule has 0 rings (SSSR count). The van der Waals surface area contributed by atoms with Gasteiger partial charge < -0.3 is 5.11 Å². The van der Waals surface area contributed by atoms with Crippen LogP contribution in [0.15, 0.2) is 0 Å². The summed E-state index contributed by atoms with van der Waals surface area (Å²) in [5, 5.41) is 19.6. The zero-order chi connectivity index (χ0) is 12.1. The van der Waals surface area contributed by atoms with E-state index < -0.39 is 0 Å². The van der Waals surface area contributed by atoms with E-state index in [9.17, 15) is 10.2 Å².